The molecule has 3 aromatic carbocycles. The minimum absolute atomic E-state index is 0.0120. The molecule has 3 aromatic rings. The van der Waals surface area contributed by atoms with Crippen LogP contribution in [-0.2, 0) is 32.6 Å². The molecule has 216 valence electrons. The highest BCUT2D eigenvalue weighted by Gasteiger charge is 2.40. The number of benzene rings is 3. The van der Waals surface area contributed by atoms with Gasteiger partial charge in [-0.3, -0.25) is 14.4 Å². The van der Waals surface area contributed by atoms with Gasteiger partial charge in [0.2, 0.25) is 11.8 Å². The van der Waals surface area contributed by atoms with Crippen LogP contribution in [0.4, 0.5) is 0 Å². The van der Waals surface area contributed by atoms with E-state index in [4.69, 9.17) is 0 Å². The third-order valence-electron chi connectivity index (χ3n) is 7.37. The average Bonchev–Trinajstić information content (AvgIpc) is 3.15. The van der Waals surface area contributed by atoms with Crippen molar-refractivity contribution in [2.75, 3.05) is 6.54 Å². The van der Waals surface area contributed by atoms with E-state index >= 15 is 0 Å². The second-order valence-electron chi connectivity index (χ2n) is 10.5. The Morgan fingerprint density at radius 1 is 0.951 bits per heavy atom. The number of nitrogens with one attached hydrogen (secondary N) is 1. The van der Waals surface area contributed by atoms with E-state index in [0.29, 0.717) is 6.42 Å². The molecule has 0 aliphatic carbocycles. The van der Waals surface area contributed by atoms with E-state index in [1.807, 2.05) is 75.4 Å². The summed E-state index contributed by atoms with van der Waals surface area (Å²) in [7, 11) is -3.96. The standard InChI is InChI=1S/C32H37N3O5S/c1-4-24(3)33-31(37)28(21-25-13-6-5-7-14-25)34(22-26-15-10-12-23(2)20-26)30(36)18-11-19-35-32(38)27-16-8-9-17-29(27)41(35,39)40/h5-10,12-17,20,24,28H,4,11,18-19,21-22H2,1-3H3,(H,33,37)/t24-,28+/m0/s1. The summed E-state index contributed by atoms with van der Waals surface area (Å²) in [5.41, 5.74) is 2.99. The van der Waals surface area contributed by atoms with E-state index in [-0.39, 0.29) is 54.2 Å². The van der Waals surface area contributed by atoms with Gasteiger partial charge in [0.25, 0.3) is 15.9 Å². The van der Waals surface area contributed by atoms with Crippen LogP contribution in [0.5, 0.6) is 0 Å². The lowest BCUT2D eigenvalue weighted by Crippen LogP contribution is -2.52. The Labute approximate surface area is 242 Å². The number of rotatable bonds is 12. The molecule has 0 unspecified atom stereocenters. The molecule has 41 heavy (non-hydrogen) atoms. The monoisotopic (exact) mass is 575 g/mol. The van der Waals surface area contributed by atoms with Crippen LogP contribution in [0.1, 0.15) is 60.2 Å². The quantitative estimate of drug-likeness (QED) is 0.343. The van der Waals surface area contributed by atoms with Crippen LogP contribution in [0, 0.1) is 6.92 Å². The van der Waals surface area contributed by atoms with Crippen molar-refractivity contribution in [1.29, 1.82) is 0 Å². The van der Waals surface area contributed by atoms with Gasteiger partial charge in [-0.05, 0) is 49.9 Å². The normalized spacial score (nSPS) is 15.2. The molecule has 0 spiro atoms. The topological polar surface area (TPSA) is 104 Å². The lowest BCUT2D eigenvalue weighted by Gasteiger charge is -2.32. The predicted molar refractivity (Wildman–Crippen MR) is 157 cm³/mol. The zero-order chi connectivity index (χ0) is 29.6. The SMILES string of the molecule is CC[C@H](C)NC(=O)[C@@H](Cc1ccccc1)N(Cc1cccc(C)c1)C(=O)CCCN1C(=O)c2ccccc2S1(=O)=O. The van der Waals surface area contributed by atoms with Crippen molar-refractivity contribution in [3.8, 4) is 0 Å². The Bertz CT molecular complexity index is 1510. The molecule has 1 heterocycles. The minimum Gasteiger partial charge on any atom is -0.352 e. The highest BCUT2D eigenvalue weighted by atomic mass is 32.2. The van der Waals surface area contributed by atoms with Crippen molar-refractivity contribution in [2.24, 2.45) is 0 Å². The molecule has 0 radical (unpaired) electrons. The Morgan fingerprint density at radius 2 is 1.63 bits per heavy atom. The Balaban J connectivity index is 1.57. The second kappa shape index (κ2) is 13.1. The van der Waals surface area contributed by atoms with Gasteiger partial charge >= 0.3 is 0 Å². The minimum atomic E-state index is -3.96. The molecule has 1 aliphatic rings. The molecule has 2 atom stereocenters. The molecule has 0 bridgehead atoms. The Hall–Kier alpha value is -3.98. The largest absolute Gasteiger partial charge is 0.352 e. The van der Waals surface area contributed by atoms with Gasteiger partial charge in [0.05, 0.1) is 5.56 Å². The molecular weight excluding hydrogens is 538 g/mol. The molecule has 0 saturated heterocycles. The van der Waals surface area contributed by atoms with Crippen LogP contribution in [0.15, 0.2) is 83.8 Å². The second-order valence-corrected chi connectivity index (χ2v) is 12.3. The van der Waals surface area contributed by atoms with Gasteiger partial charge in [-0.15, -0.1) is 0 Å². The molecule has 3 amide bonds. The van der Waals surface area contributed by atoms with E-state index in [0.717, 1.165) is 27.4 Å². The summed E-state index contributed by atoms with van der Waals surface area (Å²) in [4.78, 5) is 41.9. The Kier molecular flexibility index (Phi) is 9.60. The van der Waals surface area contributed by atoms with E-state index in [1.54, 1.807) is 17.0 Å². The number of nitrogens with zero attached hydrogens (tertiary/aromatic N) is 2. The summed E-state index contributed by atoms with van der Waals surface area (Å²) < 4.78 is 26.8. The van der Waals surface area contributed by atoms with E-state index < -0.39 is 22.0 Å². The maximum absolute atomic E-state index is 13.9. The fourth-order valence-corrected chi connectivity index (χ4v) is 6.58. The summed E-state index contributed by atoms with van der Waals surface area (Å²) >= 11 is 0. The van der Waals surface area contributed by atoms with E-state index in [1.165, 1.54) is 12.1 Å². The lowest BCUT2D eigenvalue weighted by molar-refractivity contribution is -0.141. The van der Waals surface area contributed by atoms with Crippen molar-refractivity contribution < 1.29 is 22.8 Å². The lowest BCUT2D eigenvalue weighted by atomic mass is 10.0. The first kappa shape index (κ1) is 30.0. The summed E-state index contributed by atoms with van der Waals surface area (Å²) in [6, 6.07) is 22.6. The molecule has 9 heteroatoms. The number of aryl methyl sites for hydroxylation is 1. The maximum atomic E-state index is 13.9. The summed E-state index contributed by atoms with van der Waals surface area (Å²) in [6.07, 6.45) is 1.18. The number of sulfonamides is 1. The number of fused-ring (bicyclic) bond motifs is 1. The van der Waals surface area contributed by atoms with Crippen LogP contribution in [0.3, 0.4) is 0 Å². The van der Waals surface area contributed by atoms with Gasteiger partial charge in [0.1, 0.15) is 10.9 Å². The predicted octanol–water partition coefficient (Wildman–Crippen LogP) is 4.47. The third-order valence-corrected chi connectivity index (χ3v) is 9.21. The summed E-state index contributed by atoms with van der Waals surface area (Å²) in [5.74, 6) is -1.11. The smallest absolute Gasteiger partial charge is 0.269 e. The van der Waals surface area contributed by atoms with Crippen molar-refractivity contribution in [2.45, 2.75) is 70.0 Å². The maximum Gasteiger partial charge on any atom is 0.269 e. The highest BCUT2D eigenvalue weighted by Crippen LogP contribution is 2.30. The highest BCUT2D eigenvalue weighted by molar-refractivity contribution is 7.90. The van der Waals surface area contributed by atoms with Gasteiger partial charge in [0.15, 0.2) is 0 Å². The first-order valence-electron chi connectivity index (χ1n) is 14.0. The molecule has 4 rings (SSSR count). The van der Waals surface area contributed by atoms with Crippen LogP contribution in [0.2, 0.25) is 0 Å². The van der Waals surface area contributed by atoms with E-state index in [2.05, 4.69) is 5.32 Å². The first-order chi connectivity index (χ1) is 19.6. The average molecular weight is 576 g/mol. The zero-order valence-corrected chi connectivity index (χ0v) is 24.6. The van der Waals surface area contributed by atoms with Crippen molar-refractivity contribution >= 4 is 27.7 Å². The number of hydrogen-bond acceptors (Lipinski definition) is 5. The Morgan fingerprint density at radius 3 is 2.32 bits per heavy atom. The summed E-state index contributed by atoms with van der Waals surface area (Å²) in [6.45, 7) is 5.98. The van der Waals surface area contributed by atoms with Gasteiger partial charge in [-0.2, -0.15) is 0 Å². The molecule has 0 aromatic heterocycles. The van der Waals surface area contributed by atoms with Crippen LogP contribution in [0.25, 0.3) is 0 Å². The fourth-order valence-electron chi connectivity index (χ4n) is 4.97. The zero-order valence-electron chi connectivity index (χ0n) is 23.7. The van der Waals surface area contributed by atoms with Crippen molar-refractivity contribution in [3.63, 3.8) is 0 Å². The number of amides is 3. The van der Waals surface area contributed by atoms with Crippen LogP contribution in [-0.4, -0.2) is 54.0 Å². The van der Waals surface area contributed by atoms with Gasteiger partial charge < -0.3 is 10.2 Å². The molecular formula is C32H37N3O5S. The summed E-state index contributed by atoms with van der Waals surface area (Å²) in [5, 5.41) is 3.04. The van der Waals surface area contributed by atoms with Crippen molar-refractivity contribution in [3.05, 3.63) is 101 Å². The third kappa shape index (κ3) is 7.03. The number of carbonyl (C=O) groups excluding carboxylic acids is 3. The molecule has 1 aliphatic heterocycles. The van der Waals surface area contributed by atoms with Crippen LogP contribution >= 0.6 is 0 Å². The molecule has 0 fully saturated rings. The van der Waals surface area contributed by atoms with Crippen molar-refractivity contribution in [1.82, 2.24) is 14.5 Å². The first-order valence-corrected chi connectivity index (χ1v) is 15.4. The van der Waals surface area contributed by atoms with Gasteiger partial charge in [-0.25, -0.2) is 12.7 Å². The molecule has 8 nitrogen and oxygen atoms in total. The molecule has 0 saturated carbocycles. The fraction of sp³-hybridized carbons (Fsp3) is 0.344. The number of hydrogen-bond donors (Lipinski definition) is 1. The molecule has 1 N–H and O–H groups in total. The van der Waals surface area contributed by atoms with Gasteiger partial charge in [0, 0.05) is 32.0 Å². The number of carbonyl (C=O) groups is 3. The van der Waals surface area contributed by atoms with E-state index in [9.17, 15) is 22.8 Å². The van der Waals surface area contributed by atoms with Crippen LogP contribution < -0.4 is 5.32 Å². The van der Waals surface area contributed by atoms with Gasteiger partial charge in [-0.1, -0.05) is 79.2 Å².